The van der Waals surface area contributed by atoms with Gasteiger partial charge in [0.15, 0.2) is 0 Å². The van der Waals surface area contributed by atoms with E-state index in [2.05, 4.69) is 0 Å². The van der Waals surface area contributed by atoms with Crippen molar-refractivity contribution in [3.8, 4) is 0 Å². The van der Waals surface area contributed by atoms with Crippen LogP contribution in [-0.4, -0.2) is 29.5 Å². The molecule has 1 aromatic rings. The van der Waals surface area contributed by atoms with Gasteiger partial charge in [-0.25, -0.2) is 4.79 Å². The SMILES string of the molecule is CC(C)C1N(C(N)=O)CC(=O)N1c1cc(Cl)cc(Cl)c1. The number of carbonyl (C=O) groups is 2. The molecule has 2 N–H and O–H groups in total. The first-order chi connectivity index (χ1) is 9.31. The summed E-state index contributed by atoms with van der Waals surface area (Å²) in [6.45, 7) is 3.79. The van der Waals surface area contributed by atoms with E-state index in [1.165, 1.54) is 9.80 Å². The maximum Gasteiger partial charge on any atom is 0.316 e. The molecule has 1 heterocycles. The van der Waals surface area contributed by atoms with Crippen LogP contribution < -0.4 is 10.6 Å². The number of nitrogens with two attached hydrogens (primary N) is 1. The Balaban J connectivity index is 2.47. The number of benzene rings is 1. The quantitative estimate of drug-likeness (QED) is 0.911. The zero-order valence-corrected chi connectivity index (χ0v) is 12.6. The summed E-state index contributed by atoms with van der Waals surface area (Å²) in [6.07, 6.45) is -0.436. The number of primary amides is 1. The van der Waals surface area contributed by atoms with Gasteiger partial charge < -0.3 is 5.73 Å². The van der Waals surface area contributed by atoms with Crippen LogP contribution >= 0.6 is 23.2 Å². The molecular weight excluding hydrogens is 301 g/mol. The van der Waals surface area contributed by atoms with Crippen molar-refractivity contribution in [3.63, 3.8) is 0 Å². The highest BCUT2D eigenvalue weighted by Gasteiger charge is 2.42. The van der Waals surface area contributed by atoms with Crippen LogP contribution in [0.5, 0.6) is 0 Å². The summed E-state index contributed by atoms with van der Waals surface area (Å²) in [5.41, 5.74) is 5.91. The maximum absolute atomic E-state index is 12.2. The summed E-state index contributed by atoms with van der Waals surface area (Å²) in [5.74, 6) is -0.187. The largest absolute Gasteiger partial charge is 0.351 e. The number of hydrogen-bond donors (Lipinski definition) is 1. The third-order valence-corrected chi connectivity index (χ3v) is 3.60. The lowest BCUT2D eigenvalue weighted by atomic mass is 10.1. The van der Waals surface area contributed by atoms with Crippen molar-refractivity contribution >= 4 is 40.8 Å². The Labute approximate surface area is 127 Å². The Kier molecular flexibility index (Phi) is 4.11. The fraction of sp³-hybridized carbons (Fsp3) is 0.385. The molecule has 1 unspecified atom stereocenters. The Morgan fingerprint density at radius 2 is 1.85 bits per heavy atom. The van der Waals surface area contributed by atoms with Crippen molar-refractivity contribution in [1.29, 1.82) is 0 Å². The van der Waals surface area contributed by atoms with E-state index in [0.717, 1.165) is 0 Å². The molecule has 1 aliphatic heterocycles. The number of hydrogen-bond acceptors (Lipinski definition) is 2. The van der Waals surface area contributed by atoms with Crippen molar-refractivity contribution in [2.24, 2.45) is 11.7 Å². The topological polar surface area (TPSA) is 66.6 Å². The summed E-state index contributed by atoms with van der Waals surface area (Å²) >= 11 is 11.9. The molecule has 1 fully saturated rings. The minimum Gasteiger partial charge on any atom is -0.351 e. The van der Waals surface area contributed by atoms with Crippen LogP contribution in [0.4, 0.5) is 10.5 Å². The monoisotopic (exact) mass is 315 g/mol. The van der Waals surface area contributed by atoms with Crippen molar-refractivity contribution in [1.82, 2.24) is 4.90 Å². The molecule has 0 aliphatic carbocycles. The molecule has 2 rings (SSSR count). The Morgan fingerprint density at radius 1 is 1.30 bits per heavy atom. The lowest BCUT2D eigenvalue weighted by Gasteiger charge is -2.32. The second kappa shape index (κ2) is 5.50. The zero-order valence-electron chi connectivity index (χ0n) is 11.1. The van der Waals surface area contributed by atoms with Gasteiger partial charge >= 0.3 is 6.03 Å². The number of amides is 3. The smallest absolute Gasteiger partial charge is 0.316 e. The van der Waals surface area contributed by atoms with Gasteiger partial charge in [0.05, 0.1) is 0 Å². The van der Waals surface area contributed by atoms with E-state index in [9.17, 15) is 9.59 Å². The summed E-state index contributed by atoms with van der Waals surface area (Å²) in [4.78, 5) is 26.6. The van der Waals surface area contributed by atoms with Crippen LogP contribution in [0.15, 0.2) is 18.2 Å². The number of anilines is 1. The summed E-state index contributed by atoms with van der Waals surface area (Å²) in [5, 5.41) is 0.862. The first-order valence-corrected chi connectivity index (χ1v) is 6.91. The lowest BCUT2D eigenvalue weighted by molar-refractivity contribution is -0.116. The standard InChI is InChI=1S/C13H15Cl2N3O2/c1-7(2)12-17(13(16)20)6-11(19)18(12)10-4-8(14)3-9(15)5-10/h3-5,7,12H,6H2,1-2H3,(H2,16,20). The minimum absolute atomic E-state index is 0.0201. The van der Waals surface area contributed by atoms with Gasteiger partial charge in [-0.05, 0) is 24.1 Å². The number of urea groups is 1. The van der Waals surface area contributed by atoms with Gasteiger partial charge in [0.25, 0.3) is 0 Å². The second-order valence-corrected chi connectivity index (χ2v) is 5.89. The van der Waals surface area contributed by atoms with Crippen molar-refractivity contribution < 1.29 is 9.59 Å². The molecule has 1 aromatic carbocycles. The summed E-state index contributed by atoms with van der Waals surface area (Å²) < 4.78 is 0. The van der Waals surface area contributed by atoms with Gasteiger partial charge in [-0.2, -0.15) is 0 Å². The predicted molar refractivity (Wildman–Crippen MR) is 78.9 cm³/mol. The van der Waals surface area contributed by atoms with Gasteiger partial charge in [0, 0.05) is 15.7 Å². The van der Waals surface area contributed by atoms with E-state index < -0.39 is 12.2 Å². The normalized spacial score (nSPS) is 19.1. The highest BCUT2D eigenvalue weighted by Crippen LogP contribution is 2.32. The van der Waals surface area contributed by atoms with Crippen molar-refractivity contribution in [3.05, 3.63) is 28.2 Å². The van der Waals surface area contributed by atoms with E-state index >= 15 is 0 Å². The van der Waals surface area contributed by atoms with Crippen LogP contribution in [0.1, 0.15) is 13.8 Å². The Hall–Kier alpha value is -1.46. The van der Waals surface area contributed by atoms with Gasteiger partial charge in [-0.15, -0.1) is 0 Å². The molecule has 1 saturated heterocycles. The number of carbonyl (C=O) groups excluding carboxylic acids is 2. The predicted octanol–water partition coefficient (Wildman–Crippen LogP) is 2.70. The molecule has 7 heteroatoms. The van der Waals surface area contributed by atoms with Crippen LogP contribution in [0.25, 0.3) is 0 Å². The number of nitrogens with zero attached hydrogens (tertiary/aromatic N) is 2. The van der Waals surface area contributed by atoms with Crippen LogP contribution in [0, 0.1) is 5.92 Å². The van der Waals surface area contributed by atoms with E-state index in [-0.39, 0.29) is 18.4 Å². The van der Waals surface area contributed by atoms with Crippen molar-refractivity contribution in [2.45, 2.75) is 20.0 Å². The average molecular weight is 316 g/mol. The first-order valence-electron chi connectivity index (χ1n) is 6.15. The molecule has 0 saturated carbocycles. The average Bonchev–Trinajstić information content (AvgIpc) is 2.65. The van der Waals surface area contributed by atoms with Gasteiger partial charge in [-0.3, -0.25) is 14.6 Å². The maximum atomic E-state index is 12.2. The Bertz CT molecular complexity index is 542. The molecule has 0 bridgehead atoms. The number of halogens is 2. The fourth-order valence-electron chi connectivity index (χ4n) is 2.44. The fourth-order valence-corrected chi connectivity index (χ4v) is 2.96. The molecule has 20 heavy (non-hydrogen) atoms. The molecule has 1 aliphatic rings. The lowest BCUT2D eigenvalue weighted by Crippen LogP contribution is -2.48. The summed E-state index contributed by atoms with van der Waals surface area (Å²) in [6, 6.07) is 4.26. The first kappa shape index (κ1) is 14.9. The Morgan fingerprint density at radius 3 is 2.30 bits per heavy atom. The van der Waals surface area contributed by atoms with E-state index in [4.69, 9.17) is 28.9 Å². The van der Waals surface area contributed by atoms with E-state index in [0.29, 0.717) is 15.7 Å². The van der Waals surface area contributed by atoms with Gasteiger partial charge in [-0.1, -0.05) is 37.0 Å². The molecule has 0 aromatic heterocycles. The van der Waals surface area contributed by atoms with E-state index in [1.54, 1.807) is 18.2 Å². The third kappa shape index (κ3) is 2.69. The second-order valence-electron chi connectivity index (χ2n) is 5.02. The highest BCUT2D eigenvalue weighted by molar-refractivity contribution is 6.35. The number of rotatable bonds is 2. The zero-order chi connectivity index (χ0) is 15.0. The summed E-state index contributed by atoms with van der Waals surface area (Å²) in [7, 11) is 0. The van der Waals surface area contributed by atoms with Crippen LogP contribution in [0.3, 0.4) is 0 Å². The minimum atomic E-state index is -0.618. The molecule has 5 nitrogen and oxygen atoms in total. The van der Waals surface area contributed by atoms with E-state index in [1.807, 2.05) is 13.8 Å². The molecule has 3 amide bonds. The molecule has 0 spiro atoms. The van der Waals surface area contributed by atoms with Crippen LogP contribution in [0.2, 0.25) is 10.0 Å². The van der Waals surface area contributed by atoms with Gasteiger partial charge in [0.2, 0.25) is 5.91 Å². The highest BCUT2D eigenvalue weighted by atomic mass is 35.5. The molecule has 0 radical (unpaired) electrons. The van der Waals surface area contributed by atoms with Gasteiger partial charge in [0.1, 0.15) is 12.7 Å². The van der Waals surface area contributed by atoms with Crippen molar-refractivity contribution in [2.75, 3.05) is 11.4 Å². The molecule has 108 valence electrons. The molecular formula is C13H15Cl2N3O2. The molecule has 1 atom stereocenters. The van der Waals surface area contributed by atoms with Crippen LogP contribution in [-0.2, 0) is 4.79 Å². The third-order valence-electron chi connectivity index (χ3n) is 3.16.